The quantitative estimate of drug-likeness (QED) is 0.851. The second-order valence-electron chi connectivity index (χ2n) is 4.75. The fraction of sp³-hybridized carbons (Fsp3) is 0.462. The van der Waals surface area contributed by atoms with E-state index in [1.165, 1.54) is 12.1 Å². The average molecular weight is 287 g/mol. The van der Waals surface area contributed by atoms with Crippen molar-refractivity contribution in [1.29, 1.82) is 0 Å². The van der Waals surface area contributed by atoms with Gasteiger partial charge in [0.2, 0.25) is 0 Å². The standard InChI is InChI=1S/C13H15FN2O2.ClH/c1-16-6-4-10(5-7-16)17-13-11-8-9(14)2-3-12(11)18-15-13;/h2-3,8,10H,4-7H2,1H3;1H. The van der Waals surface area contributed by atoms with Gasteiger partial charge in [0.15, 0.2) is 5.58 Å². The van der Waals surface area contributed by atoms with Crippen LogP contribution in [0.1, 0.15) is 12.8 Å². The Labute approximate surface area is 116 Å². The Bertz CT molecular complexity index is 553. The van der Waals surface area contributed by atoms with Gasteiger partial charge in [-0.1, -0.05) is 0 Å². The van der Waals surface area contributed by atoms with E-state index in [-0.39, 0.29) is 24.3 Å². The minimum atomic E-state index is -0.307. The molecule has 1 fully saturated rings. The van der Waals surface area contributed by atoms with Gasteiger partial charge >= 0.3 is 0 Å². The zero-order valence-electron chi connectivity index (χ0n) is 10.6. The number of halogens is 2. The van der Waals surface area contributed by atoms with Crippen LogP contribution in [-0.4, -0.2) is 36.3 Å². The van der Waals surface area contributed by atoms with Crippen molar-refractivity contribution in [3.63, 3.8) is 0 Å². The first kappa shape index (κ1) is 14.1. The summed E-state index contributed by atoms with van der Waals surface area (Å²) >= 11 is 0. The Morgan fingerprint density at radius 1 is 1.37 bits per heavy atom. The Morgan fingerprint density at radius 2 is 2.11 bits per heavy atom. The van der Waals surface area contributed by atoms with E-state index in [4.69, 9.17) is 9.26 Å². The molecule has 0 amide bonds. The highest BCUT2D eigenvalue weighted by Crippen LogP contribution is 2.27. The average Bonchev–Trinajstić information content (AvgIpc) is 2.75. The zero-order chi connectivity index (χ0) is 12.5. The molecule has 1 aliphatic rings. The summed E-state index contributed by atoms with van der Waals surface area (Å²) in [5.74, 6) is 0.0954. The van der Waals surface area contributed by atoms with Crippen molar-refractivity contribution < 1.29 is 13.7 Å². The molecule has 2 heterocycles. The topological polar surface area (TPSA) is 38.5 Å². The Kier molecular flexibility index (Phi) is 4.27. The Morgan fingerprint density at radius 3 is 2.84 bits per heavy atom. The summed E-state index contributed by atoms with van der Waals surface area (Å²) in [5, 5.41) is 4.48. The predicted molar refractivity (Wildman–Crippen MR) is 72.4 cm³/mol. The summed E-state index contributed by atoms with van der Waals surface area (Å²) in [6.45, 7) is 2.02. The maximum Gasteiger partial charge on any atom is 0.262 e. The maximum atomic E-state index is 13.2. The van der Waals surface area contributed by atoms with Crippen LogP contribution in [0, 0.1) is 5.82 Å². The molecule has 0 spiro atoms. The Hall–Kier alpha value is -1.33. The van der Waals surface area contributed by atoms with Gasteiger partial charge in [0, 0.05) is 13.1 Å². The van der Waals surface area contributed by atoms with Gasteiger partial charge in [-0.05, 0) is 43.2 Å². The Balaban J connectivity index is 0.00000133. The summed E-state index contributed by atoms with van der Waals surface area (Å²) in [4.78, 5) is 2.26. The molecule has 104 valence electrons. The molecule has 0 saturated carbocycles. The highest BCUT2D eigenvalue weighted by molar-refractivity contribution is 5.85. The zero-order valence-corrected chi connectivity index (χ0v) is 11.5. The number of hydrogen-bond acceptors (Lipinski definition) is 4. The maximum absolute atomic E-state index is 13.2. The van der Waals surface area contributed by atoms with Crippen LogP contribution in [0.15, 0.2) is 22.7 Å². The summed E-state index contributed by atoms with van der Waals surface area (Å²) in [5.41, 5.74) is 0.555. The van der Waals surface area contributed by atoms with Gasteiger partial charge in [-0.2, -0.15) is 0 Å². The van der Waals surface area contributed by atoms with Gasteiger partial charge in [-0.25, -0.2) is 4.39 Å². The molecular weight excluding hydrogens is 271 g/mol. The van der Waals surface area contributed by atoms with Crippen molar-refractivity contribution in [3.8, 4) is 5.88 Å². The van der Waals surface area contributed by atoms with Crippen LogP contribution >= 0.6 is 12.4 Å². The summed E-state index contributed by atoms with van der Waals surface area (Å²) in [6.07, 6.45) is 2.05. The van der Waals surface area contributed by atoms with E-state index in [0.29, 0.717) is 16.8 Å². The van der Waals surface area contributed by atoms with Gasteiger partial charge < -0.3 is 14.2 Å². The van der Waals surface area contributed by atoms with Crippen molar-refractivity contribution in [2.75, 3.05) is 20.1 Å². The van der Waals surface area contributed by atoms with E-state index in [9.17, 15) is 4.39 Å². The molecule has 1 aromatic carbocycles. The van der Waals surface area contributed by atoms with Crippen molar-refractivity contribution in [3.05, 3.63) is 24.0 Å². The van der Waals surface area contributed by atoms with Crippen LogP contribution in [0.3, 0.4) is 0 Å². The molecule has 3 rings (SSSR count). The monoisotopic (exact) mass is 286 g/mol. The van der Waals surface area contributed by atoms with E-state index in [1.807, 2.05) is 0 Å². The molecule has 0 radical (unpaired) electrons. The minimum Gasteiger partial charge on any atom is -0.472 e. The lowest BCUT2D eigenvalue weighted by Gasteiger charge is -2.28. The van der Waals surface area contributed by atoms with Gasteiger partial charge in [0.05, 0.1) is 5.39 Å². The van der Waals surface area contributed by atoms with Crippen LogP contribution in [0.25, 0.3) is 11.0 Å². The lowest BCUT2D eigenvalue weighted by molar-refractivity contribution is 0.107. The number of likely N-dealkylation sites (tertiary alicyclic amines) is 1. The van der Waals surface area contributed by atoms with Crippen LogP contribution < -0.4 is 4.74 Å². The number of rotatable bonds is 2. The third-order valence-electron chi connectivity index (χ3n) is 3.34. The SMILES string of the molecule is CN1CCC(Oc2noc3ccc(F)cc23)CC1.Cl. The van der Waals surface area contributed by atoms with Crippen LogP contribution in [0.5, 0.6) is 5.88 Å². The smallest absolute Gasteiger partial charge is 0.262 e. The fourth-order valence-corrected chi connectivity index (χ4v) is 2.23. The second kappa shape index (κ2) is 5.75. The normalized spacial score (nSPS) is 17.4. The van der Waals surface area contributed by atoms with Crippen molar-refractivity contribution >= 4 is 23.4 Å². The van der Waals surface area contributed by atoms with E-state index in [2.05, 4.69) is 17.1 Å². The molecule has 0 atom stereocenters. The van der Waals surface area contributed by atoms with Gasteiger partial charge in [-0.15, -0.1) is 12.4 Å². The number of ether oxygens (including phenoxy) is 1. The number of piperidine rings is 1. The molecule has 1 aliphatic heterocycles. The molecule has 0 N–H and O–H groups in total. The largest absolute Gasteiger partial charge is 0.472 e. The molecule has 0 aliphatic carbocycles. The van der Waals surface area contributed by atoms with Crippen molar-refractivity contribution in [2.24, 2.45) is 0 Å². The molecule has 0 unspecified atom stereocenters. The molecular formula is C13H16ClFN2O2. The lowest BCUT2D eigenvalue weighted by atomic mass is 10.1. The highest BCUT2D eigenvalue weighted by Gasteiger charge is 2.20. The number of hydrogen-bond donors (Lipinski definition) is 0. The number of benzene rings is 1. The molecule has 6 heteroatoms. The van der Waals surface area contributed by atoms with Gasteiger partial charge in [0.25, 0.3) is 5.88 Å². The fourth-order valence-electron chi connectivity index (χ4n) is 2.23. The minimum absolute atomic E-state index is 0. The van der Waals surface area contributed by atoms with E-state index < -0.39 is 0 Å². The first-order valence-electron chi connectivity index (χ1n) is 6.12. The third-order valence-corrected chi connectivity index (χ3v) is 3.34. The molecule has 1 saturated heterocycles. The number of aromatic nitrogens is 1. The molecule has 4 nitrogen and oxygen atoms in total. The van der Waals surface area contributed by atoms with Crippen LogP contribution in [0.4, 0.5) is 4.39 Å². The predicted octanol–water partition coefficient (Wildman–Crippen LogP) is 2.86. The molecule has 1 aromatic heterocycles. The van der Waals surface area contributed by atoms with Gasteiger partial charge in [-0.3, -0.25) is 0 Å². The van der Waals surface area contributed by atoms with Crippen molar-refractivity contribution in [2.45, 2.75) is 18.9 Å². The summed E-state index contributed by atoms with van der Waals surface area (Å²) in [6, 6.07) is 4.32. The summed E-state index contributed by atoms with van der Waals surface area (Å²) < 4.78 is 24.1. The van der Waals surface area contributed by atoms with E-state index in [0.717, 1.165) is 25.9 Å². The molecule has 19 heavy (non-hydrogen) atoms. The van der Waals surface area contributed by atoms with E-state index >= 15 is 0 Å². The second-order valence-corrected chi connectivity index (χ2v) is 4.75. The van der Waals surface area contributed by atoms with Gasteiger partial charge in [0.1, 0.15) is 11.9 Å². The van der Waals surface area contributed by atoms with Crippen LogP contribution in [0.2, 0.25) is 0 Å². The molecule has 2 aromatic rings. The number of nitrogens with zero attached hydrogens (tertiary/aromatic N) is 2. The first-order chi connectivity index (χ1) is 8.72. The highest BCUT2D eigenvalue weighted by atomic mass is 35.5. The number of fused-ring (bicyclic) bond motifs is 1. The summed E-state index contributed by atoms with van der Waals surface area (Å²) in [7, 11) is 2.09. The lowest BCUT2D eigenvalue weighted by Crippen LogP contribution is -2.35. The third kappa shape index (κ3) is 2.98. The first-order valence-corrected chi connectivity index (χ1v) is 6.12. The van der Waals surface area contributed by atoms with E-state index in [1.54, 1.807) is 6.07 Å². The van der Waals surface area contributed by atoms with Crippen LogP contribution in [-0.2, 0) is 0 Å². The van der Waals surface area contributed by atoms with Crippen molar-refractivity contribution in [1.82, 2.24) is 10.1 Å². The molecule has 0 bridgehead atoms.